The Kier molecular flexibility index (Phi) is 8.81. The minimum atomic E-state index is -0.153. The van der Waals surface area contributed by atoms with Crippen LogP contribution in [0.4, 0.5) is 5.69 Å². The molecule has 0 saturated carbocycles. The topological polar surface area (TPSA) is 29.3 Å². The number of nitrogens with zero attached hydrogens (tertiary/aromatic N) is 1. The Morgan fingerprint density at radius 3 is 2.32 bits per heavy atom. The Balaban J connectivity index is 2.09. The normalized spacial score (nSPS) is 23.8. The van der Waals surface area contributed by atoms with Crippen LogP contribution in [0.5, 0.6) is 0 Å². The molecule has 0 bridgehead atoms. The van der Waals surface area contributed by atoms with Gasteiger partial charge in [-0.25, -0.2) is 0 Å². The molecule has 1 aliphatic rings. The summed E-state index contributed by atoms with van der Waals surface area (Å²) in [7, 11) is 0. The largest absolute Gasteiger partial charge is 0.353 e. The summed E-state index contributed by atoms with van der Waals surface area (Å²) in [6.45, 7) is 5.68. The number of benzene rings is 1. The van der Waals surface area contributed by atoms with Gasteiger partial charge < -0.3 is 10.6 Å². The van der Waals surface area contributed by atoms with E-state index >= 15 is 0 Å². The van der Waals surface area contributed by atoms with Crippen molar-refractivity contribution in [1.29, 1.82) is 0 Å². The Morgan fingerprint density at radius 2 is 1.64 bits per heavy atom. The molecule has 142 valence electrons. The van der Waals surface area contributed by atoms with Gasteiger partial charge in [0.15, 0.2) is 0 Å². The monoisotopic (exact) mass is 344 g/mol. The Hall–Kier alpha value is -1.02. The van der Waals surface area contributed by atoms with Crippen LogP contribution < -0.4 is 10.6 Å². The van der Waals surface area contributed by atoms with Crippen LogP contribution in [0.15, 0.2) is 30.3 Å². The van der Waals surface area contributed by atoms with Gasteiger partial charge in [0.1, 0.15) is 0 Å². The van der Waals surface area contributed by atoms with Gasteiger partial charge in [0.05, 0.1) is 5.66 Å². The summed E-state index contributed by atoms with van der Waals surface area (Å²) in [6, 6.07) is 10.9. The zero-order valence-corrected chi connectivity index (χ0v) is 16.7. The molecule has 2 heteroatoms. The molecule has 1 fully saturated rings. The Labute approximate surface area is 156 Å². The average molecular weight is 345 g/mol. The van der Waals surface area contributed by atoms with Gasteiger partial charge in [0.25, 0.3) is 0 Å². The predicted octanol–water partition coefficient (Wildman–Crippen LogP) is 6.50. The van der Waals surface area contributed by atoms with Crippen molar-refractivity contribution in [1.82, 2.24) is 0 Å². The zero-order valence-electron chi connectivity index (χ0n) is 16.7. The first-order valence-electron chi connectivity index (χ1n) is 10.8. The molecule has 1 aromatic rings. The van der Waals surface area contributed by atoms with E-state index in [9.17, 15) is 0 Å². The number of hydrogen-bond donors (Lipinski definition) is 1. The number of anilines is 1. The van der Waals surface area contributed by atoms with Gasteiger partial charge in [0.2, 0.25) is 0 Å². The third-order valence-electron chi connectivity index (χ3n) is 6.05. The van der Waals surface area contributed by atoms with Crippen molar-refractivity contribution in [3.8, 4) is 0 Å². The molecule has 0 amide bonds. The van der Waals surface area contributed by atoms with E-state index in [1.807, 2.05) is 0 Å². The minimum absolute atomic E-state index is 0.153. The lowest BCUT2D eigenvalue weighted by atomic mass is 9.77. The number of rotatable bonds is 11. The highest BCUT2D eigenvalue weighted by Gasteiger charge is 2.42. The molecule has 0 aliphatic carbocycles. The first-order chi connectivity index (χ1) is 12.2. The van der Waals surface area contributed by atoms with Crippen LogP contribution in [0.3, 0.4) is 0 Å². The predicted molar refractivity (Wildman–Crippen MR) is 111 cm³/mol. The van der Waals surface area contributed by atoms with Gasteiger partial charge in [-0.15, -0.1) is 0 Å². The van der Waals surface area contributed by atoms with Crippen molar-refractivity contribution in [2.24, 2.45) is 11.7 Å². The van der Waals surface area contributed by atoms with Crippen molar-refractivity contribution in [2.75, 3.05) is 11.4 Å². The van der Waals surface area contributed by atoms with Gasteiger partial charge in [0, 0.05) is 12.2 Å². The molecule has 2 atom stereocenters. The van der Waals surface area contributed by atoms with Crippen LogP contribution in [0, 0.1) is 5.92 Å². The fraction of sp³-hybridized carbons (Fsp3) is 0.739. The smallest absolute Gasteiger partial charge is 0.0911 e. The van der Waals surface area contributed by atoms with E-state index in [1.165, 1.54) is 76.3 Å². The Morgan fingerprint density at radius 1 is 0.960 bits per heavy atom. The average Bonchev–Trinajstić information content (AvgIpc) is 2.64. The second kappa shape index (κ2) is 10.9. The fourth-order valence-corrected chi connectivity index (χ4v) is 4.54. The van der Waals surface area contributed by atoms with Gasteiger partial charge in [-0.3, -0.25) is 0 Å². The van der Waals surface area contributed by atoms with E-state index in [2.05, 4.69) is 49.1 Å². The zero-order chi connectivity index (χ0) is 18.0. The number of nitrogens with two attached hydrogens (primary N) is 1. The summed E-state index contributed by atoms with van der Waals surface area (Å²) in [4.78, 5) is 2.55. The van der Waals surface area contributed by atoms with Gasteiger partial charge in [-0.05, 0) is 50.2 Å². The van der Waals surface area contributed by atoms with Crippen LogP contribution in [0.2, 0.25) is 0 Å². The molecular formula is C23H40N2. The van der Waals surface area contributed by atoms with Crippen LogP contribution in [-0.4, -0.2) is 12.2 Å². The number of para-hydroxylation sites is 1. The molecule has 2 unspecified atom stereocenters. The summed E-state index contributed by atoms with van der Waals surface area (Å²) in [6.07, 6.45) is 15.6. The quantitative estimate of drug-likeness (QED) is 0.464. The van der Waals surface area contributed by atoms with E-state index in [-0.39, 0.29) is 5.66 Å². The number of unbranched alkanes of at least 4 members (excludes halogenated alkanes) is 6. The van der Waals surface area contributed by atoms with Gasteiger partial charge >= 0.3 is 0 Å². The van der Waals surface area contributed by atoms with Crippen molar-refractivity contribution in [3.05, 3.63) is 30.3 Å². The van der Waals surface area contributed by atoms with Crippen LogP contribution in [0.1, 0.15) is 90.9 Å². The molecule has 0 spiro atoms. The minimum Gasteiger partial charge on any atom is -0.353 e. The number of piperidine rings is 1. The summed E-state index contributed by atoms with van der Waals surface area (Å²) in [5.41, 5.74) is 8.37. The highest BCUT2D eigenvalue weighted by atomic mass is 15.3. The second-order valence-corrected chi connectivity index (χ2v) is 7.98. The molecule has 25 heavy (non-hydrogen) atoms. The second-order valence-electron chi connectivity index (χ2n) is 7.98. The first kappa shape index (κ1) is 20.3. The summed E-state index contributed by atoms with van der Waals surface area (Å²) < 4.78 is 0. The third kappa shape index (κ3) is 5.74. The first-order valence-corrected chi connectivity index (χ1v) is 10.8. The maximum Gasteiger partial charge on any atom is 0.0911 e. The maximum absolute atomic E-state index is 7.20. The lowest BCUT2D eigenvalue weighted by molar-refractivity contribution is 0.172. The molecule has 0 radical (unpaired) electrons. The highest BCUT2D eigenvalue weighted by Crippen LogP contribution is 2.39. The SMILES string of the molecule is CCCCCCC1CCCN(c2ccccc2)C1(N)CCCCCC. The van der Waals surface area contributed by atoms with E-state index < -0.39 is 0 Å². The molecule has 2 N–H and O–H groups in total. The third-order valence-corrected chi connectivity index (χ3v) is 6.05. The molecular weight excluding hydrogens is 304 g/mol. The molecule has 1 saturated heterocycles. The van der Waals surface area contributed by atoms with Crippen molar-refractivity contribution >= 4 is 5.69 Å². The summed E-state index contributed by atoms with van der Waals surface area (Å²) >= 11 is 0. The van der Waals surface area contributed by atoms with E-state index in [1.54, 1.807) is 0 Å². The lowest BCUT2D eigenvalue weighted by Gasteiger charge is -2.51. The highest BCUT2D eigenvalue weighted by molar-refractivity contribution is 5.49. The standard InChI is InChI=1S/C23H40N2/c1-3-5-7-10-15-21-16-14-20-25(22-17-11-9-12-18-22)23(21,24)19-13-8-6-4-2/h9,11-12,17-18,21H,3-8,10,13-16,19-20,24H2,1-2H3. The van der Waals surface area contributed by atoms with Gasteiger partial charge in [-0.1, -0.05) is 77.0 Å². The lowest BCUT2D eigenvalue weighted by Crippen LogP contribution is -2.64. The van der Waals surface area contributed by atoms with Crippen molar-refractivity contribution in [3.63, 3.8) is 0 Å². The Bertz CT molecular complexity index is 458. The number of hydrogen-bond acceptors (Lipinski definition) is 2. The molecule has 0 aromatic heterocycles. The molecule has 2 rings (SSSR count). The van der Waals surface area contributed by atoms with Crippen LogP contribution in [-0.2, 0) is 0 Å². The maximum atomic E-state index is 7.20. The van der Waals surface area contributed by atoms with Crippen molar-refractivity contribution < 1.29 is 0 Å². The van der Waals surface area contributed by atoms with Gasteiger partial charge in [-0.2, -0.15) is 0 Å². The van der Waals surface area contributed by atoms with E-state index in [0.29, 0.717) is 5.92 Å². The molecule has 1 aliphatic heterocycles. The summed E-state index contributed by atoms with van der Waals surface area (Å²) in [5.74, 6) is 0.639. The van der Waals surface area contributed by atoms with Crippen LogP contribution in [0.25, 0.3) is 0 Å². The van der Waals surface area contributed by atoms with Crippen molar-refractivity contribution in [2.45, 2.75) is 96.6 Å². The molecule has 2 nitrogen and oxygen atoms in total. The van der Waals surface area contributed by atoms with Crippen LogP contribution >= 0.6 is 0 Å². The fourth-order valence-electron chi connectivity index (χ4n) is 4.54. The summed E-state index contributed by atoms with van der Waals surface area (Å²) in [5, 5.41) is 0. The van der Waals surface area contributed by atoms with E-state index in [0.717, 1.165) is 13.0 Å². The molecule has 1 aromatic carbocycles. The van der Waals surface area contributed by atoms with E-state index in [4.69, 9.17) is 5.73 Å². The molecule has 1 heterocycles.